The number of carbonyl (C=O) groups excluding carboxylic acids is 2. The molecule has 7 heteroatoms. The summed E-state index contributed by atoms with van der Waals surface area (Å²) in [5, 5.41) is 2.97. The van der Waals surface area contributed by atoms with Crippen molar-refractivity contribution in [3.8, 4) is 5.75 Å². The smallest absolute Gasteiger partial charge is 0.306 e. The first-order chi connectivity index (χ1) is 14.5. The quantitative estimate of drug-likeness (QED) is 0.547. The van der Waals surface area contributed by atoms with Crippen molar-refractivity contribution in [2.45, 2.75) is 40.2 Å². The maximum Gasteiger partial charge on any atom is 0.306 e. The van der Waals surface area contributed by atoms with Gasteiger partial charge < -0.3 is 14.8 Å². The minimum Gasteiger partial charge on any atom is -0.490 e. The minimum atomic E-state index is -0.203. The van der Waals surface area contributed by atoms with Crippen LogP contribution in [0.25, 0.3) is 5.65 Å². The highest BCUT2D eigenvalue weighted by Gasteiger charge is 2.18. The number of amides is 1. The zero-order chi connectivity index (χ0) is 21.5. The molecule has 0 saturated heterocycles. The van der Waals surface area contributed by atoms with E-state index in [0.29, 0.717) is 55.4 Å². The molecular formula is C23H27N3O4. The lowest BCUT2D eigenvalue weighted by Gasteiger charge is -2.09. The van der Waals surface area contributed by atoms with Crippen LogP contribution in [-0.2, 0) is 22.5 Å². The van der Waals surface area contributed by atoms with Crippen molar-refractivity contribution >= 4 is 17.5 Å². The number of ether oxygens (including phenoxy) is 2. The number of hydrogen-bond donors (Lipinski definition) is 1. The van der Waals surface area contributed by atoms with Crippen molar-refractivity contribution in [3.05, 3.63) is 65.1 Å². The second-order valence-electron chi connectivity index (χ2n) is 6.85. The summed E-state index contributed by atoms with van der Waals surface area (Å²) in [5.41, 5.74) is 3.75. The molecule has 0 fully saturated rings. The Morgan fingerprint density at radius 2 is 1.90 bits per heavy atom. The summed E-state index contributed by atoms with van der Waals surface area (Å²) in [6, 6.07) is 11.5. The molecule has 1 N–H and O–H groups in total. The van der Waals surface area contributed by atoms with Crippen molar-refractivity contribution in [1.29, 1.82) is 0 Å². The van der Waals surface area contributed by atoms with E-state index in [1.165, 1.54) is 0 Å². The summed E-state index contributed by atoms with van der Waals surface area (Å²) in [4.78, 5) is 28.9. The van der Waals surface area contributed by atoms with E-state index >= 15 is 0 Å². The molecule has 0 bridgehead atoms. The van der Waals surface area contributed by atoms with Crippen LogP contribution in [0.5, 0.6) is 5.75 Å². The monoisotopic (exact) mass is 409 g/mol. The van der Waals surface area contributed by atoms with Crippen LogP contribution in [0.4, 0.5) is 0 Å². The van der Waals surface area contributed by atoms with Gasteiger partial charge in [-0.25, -0.2) is 4.98 Å². The second kappa shape index (κ2) is 9.91. The third-order valence-electron chi connectivity index (χ3n) is 4.67. The van der Waals surface area contributed by atoms with Crippen molar-refractivity contribution < 1.29 is 19.1 Å². The van der Waals surface area contributed by atoms with Gasteiger partial charge in [-0.1, -0.05) is 24.3 Å². The van der Waals surface area contributed by atoms with Gasteiger partial charge in [0.25, 0.3) is 5.91 Å². The van der Waals surface area contributed by atoms with Crippen molar-refractivity contribution in [2.24, 2.45) is 0 Å². The molecule has 0 aliphatic carbocycles. The van der Waals surface area contributed by atoms with Crippen molar-refractivity contribution in [2.75, 3.05) is 13.2 Å². The highest BCUT2D eigenvalue weighted by atomic mass is 16.5. The number of aryl methyl sites for hydroxylation is 2. The Kier molecular flexibility index (Phi) is 7.06. The van der Waals surface area contributed by atoms with Crippen LogP contribution in [0.3, 0.4) is 0 Å². The second-order valence-corrected chi connectivity index (χ2v) is 6.85. The molecule has 0 unspecified atom stereocenters. The van der Waals surface area contributed by atoms with Crippen molar-refractivity contribution in [3.63, 3.8) is 0 Å². The van der Waals surface area contributed by atoms with Gasteiger partial charge in [0.2, 0.25) is 0 Å². The molecule has 0 spiro atoms. The molecular weight excluding hydrogens is 382 g/mol. The fourth-order valence-corrected chi connectivity index (χ4v) is 3.34. The Labute approximate surface area is 176 Å². The average Bonchev–Trinajstić information content (AvgIpc) is 3.08. The number of esters is 1. The summed E-state index contributed by atoms with van der Waals surface area (Å²) >= 11 is 0. The summed E-state index contributed by atoms with van der Waals surface area (Å²) in [7, 11) is 0. The first kappa shape index (κ1) is 21.4. The summed E-state index contributed by atoms with van der Waals surface area (Å²) in [5.74, 6) is 0.243. The predicted octanol–water partition coefficient (Wildman–Crippen LogP) is 3.47. The first-order valence-electron chi connectivity index (χ1n) is 10.2. The lowest BCUT2D eigenvalue weighted by atomic mass is 10.1. The van der Waals surface area contributed by atoms with E-state index in [-0.39, 0.29) is 11.9 Å². The summed E-state index contributed by atoms with van der Waals surface area (Å²) < 4.78 is 12.3. The van der Waals surface area contributed by atoms with E-state index in [1.54, 1.807) is 11.3 Å². The van der Waals surface area contributed by atoms with E-state index in [1.807, 2.05) is 56.4 Å². The molecule has 2 aromatic heterocycles. The van der Waals surface area contributed by atoms with Gasteiger partial charge >= 0.3 is 5.97 Å². The van der Waals surface area contributed by atoms with Crippen LogP contribution in [0.1, 0.15) is 47.6 Å². The molecule has 0 atom stereocenters. The van der Waals surface area contributed by atoms with E-state index in [4.69, 9.17) is 9.47 Å². The van der Waals surface area contributed by atoms with Gasteiger partial charge in [-0.05, 0) is 50.5 Å². The number of pyridine rings is 1. The predicted molar refractivity (Wildman–Crippen MR) is 114 cm³/mol. The summed E-state index contributed by atoms with van der Waals surface area (Å²) in [6.07, 6.45) is 2.75. The number of hydrogen-bond acceptors (Lipinski definition) is 5. The Balaban J connectivity index is 1.69. The molecule has 0 aliphatic rings. The Morgan fingerprint density at radius 1 is 1.10 bits per heavy atom. The van der Waals surface area contributed by atoms with Gasteiger partial charge in [0.05, 0.1) is 18.9 Å². The normalized spacial score (nSPS) is 10.8. The van der Waals surface area contributed by atoms with Gasteiger partial charge in [-0.15, -0.1) is 0 Å². The molecule has 3 rings (SSSR count). The Morgan fingerprint density at radius 3 is 2.67 bits per heavy atom. The van der Waals surface area contributed by atoms with Crippen LogP contribution in [0, 0.1) is 6.92 Å². The number of nitrogens with one attached hydrogen (secondary N) is 1. The van der Waals surface area contributed by atoms with E-state index in [9.17, 15) is 9.59 Å². The highest BCUT2D eigenvalue weighted by Crippen LogP contribution is 2.22. The van der Waals surface area contributed by atoms with Crippen LogP contribution >= 0.6 is 0 Å². The van der Waals surface area contributed by atoms with Gasteiger partial charge in [0.1, 0.15) is 5.69 Å². The lowest BCUT2D eigenvalue weighted by molar-refractivity contribution is -0.143. The van der Waals surface area contributed by atoms with Crippen LogP contribution in [-0.4, -0.2) is 34.5 Å². The number of fused-ring (bicyclic) bond motifs is 1. The summed E-state index contributed by atoms with van der Waals surface area (Å²) in [6.45, 7) is 6.81. The Bertz CT molecular complexity index is 1040. The standard InChI is InChI=1S/C23H27N3O4/c1-4-29-19-10-7-13-26-21(16(3)25-22(19)26)23(28)24-15-18-9-6-8-17(14-18)11-12-20(27)30-5-2/h6-10,13-14H,4-5,11-12,15H2,1-3H3,(H,24,28). The number of benzene rings is 1. The van der Waals surface area contributed by atoms with Gasteiger partial charge in [-0.3, -0.25) is 14.0 Å². The van der Waals surface area contributed by atoms with Gasteiger partial charge in [-0.2, -0.15) is 0 Å². The molecule has 30 heavy (non-hydrogen) atoms. The molecule has 0 saturated carbocycles. The zero-order valence-corrected chi connectivity index (χ0v) is 17.6. The molecule has 0 aliphatic heterocycles. The number of carbonyl (C=O) groups is 2. The fourth-order valence-electron chi connectivity index (χ4n) is 3.34. The fraction of sp³-hybridized carbons (Fsp3) is 0.348. The average molecular weight is 409 g/mol. The van der Waals surface area contributed by atoms with Crippen LogP contribution < -0.4 is 10.1 Å². The van der Waals surface area contributed by atoms with Gasteiger partial charge in [0.15, 0.2) is 11.4 Å². The van der Waals surface area contributed by atoms with E-state index in [2.05, 4.69) is 10.3 Å². The van der Waals surface area contributed by atoms with E-state index in [0.717, 1.165) is 11.1 Å². The third-order valence-corrected chi connectivity index (χ3v) is 4.67. The maximum atomic E-state index is 12.9. The van der Waals surface area contributed by atoms with Gasteiger partial charge in [0, 0.05) is 19.2 Å². The molecule has 3 aromatic rings. The number of imidazole rings is 1. The zero-order valence-electron chi connectivity index (χ0n) is 17.6. The maximum absolute atomic E-state index is 12.9. The number of nitrogens with zero attached hydrogens (tertiary/aromatic N) is 2. The SMILES string of the molecule is CCOC(=O)CCc1cccc(CNC(=O)c2c(C)nc3c(OCC)cccn23)c1. The number of rotatable bonds is 9. The molecule has 158 valence electrons. The highest BCUT2D eigenvalue weighted by molar-refractivity contribution is 5.94. The molecule has 1 amide bonds. The minimum absolute atomic E-state index is 0.203. The van der Waals surface area contributed by atoms with Crippen LogP contribution in [0.2, 0.25) is 0 Å². The third kappa shape index (κ3) is 4.97. The molecule has 0 radical (unpaired) electrons. The molecule has 1 aromatic carbocycles. The first-order valence-corrected chi connectivity index (χ1v) is 10.2. The Hall–Kier alpha value is -3.35. The van der Waals surface area contributed by atoms with Crippen LogP contribution in [0.15, 0.2) is 42.6 Å². The number of aromatic nitrogens is 2. The largest absolute Gasteiger partial charge is 0.490 e. The lowest BCUT2D eigenvalue weighted by Crippen LogP contribution is -2.25. The van der Waals surface area contributed by atoms with E-state index < -0.39 is 0 Å². The molecule has 7 nitrogen and oxygen atoms in total. The molecule has 2 heterocycles. The topological polar surface area (TPSA) is 81.9 Å². The van der Waals surface area contributed by atoms with Crippen molar-refractivity contribution in [1.82, 2.24) is 14.7 Å².